The molecule has 15 nitrogen and oxygen atoms in total. The van der Waals surface area contributed by atoms with Gasteiger partial charge in [0.25, 0.3) is 0 Å². The monoisotopic (exact) mass is 706 g/mol. The van der Waals surface area contributed by atoms with Crippen LogP contribution >= 0.6 is 0 Å². The number of aromatic nitrogens is 5. The van der Waals surface area contributed by atoms with Gasteiger partial charge in [-0.15, -0.1) is 0 Å². The predicted octanol–water partition coefficient (Wildman–Crippen LogP) is 2.40. The second kappa shape index (κ2) is 15.3. The van der Waals surface area contributed by atoms with E-state index >= 15 is 0 Å². The molecule has 3 aromatic heterocycles. The van der Waals surface area contributed by atoms with Gasteiger partial charge in [-0.3, -0.25) is 9.78 Å². The number of carbonyl (C=O) groups is 2. The fraction of sp³-hybridized carbons (Fsp3) is 0.351. The molecule has 1 unspecified atom stereocenters. The number of nitrogens with one attached hydrogen (secondary N) is 4. The van der Waals surface area contributed by atoms with Gasteiger partial charge in [0.15, 0.2) is 17.0 Å². The summed E-state index contributed by atoms with van der Waals surface area (Å²) in [4.78, 5) is 45.7. The number of urea groups is 1. The van der Waals surface area contributed by atoms with E-state index in [1.807, 2.05) is 41.3 Å². The molecule has 7 rings (SSSR count). The smallest absolute Gasteiger partial charge is 0.319 e. The summed E-state index contributed by atoms with van der Waals surface area (Å²) >= 11 is 0. The van der Waals surface area contributed by atoms with Crippen LogP contribution < -0.4 is 26.2 Å². The number of rotatable bonds is 11. The standard InChI is InChI=1S/C37H42N10O5/c1-22(48)35(51)43-28-17-29(32(50)31(28)49)47-21-40-30-33(39-19-27(23-9-4-2-5-10-23)24-11-6-3-7-12-24)44-36(45-34(30)47)46-16-14-26(20-46)42-37(52)41-25-13-8-15-38-18-25/h2-13,15,18,21-22,26-29,31-32,48-50H,14,16-17,19-20H2,1H3,(H,43,51)(H,39,44,45)(H2,41,42,52)/t22?,26-,28+,29-,31-,32+/m1/s1. The maximum absolute atomic E-state index is 12.8. The minimum absolute atomic E-state index is 0.0123. The summed E-state index contributed by atoms with van der Waals surface area (Å²) in [5.41, 5.74) is 3.76. The lowest BCUT2D eigenvalue weighted by molar-refractivity contribution is -0.130. The Balaban J connectivity index is 1.18. The topological polar surface area (TPSA) is 203 Å². The SMILES string of the molecule is CC(O)C(=O)N[C@H]1C[C@@H](n2cnc3c(NCC(c4ccccc4)c4ccccc4)nc(N4CC[C@@H](NC(=O)Nc5cccnc5)C4)nc32)[C@H](O)[C@@H]1O. The average molecular weight is 707 g/mol. The third-order valence-electron chi connectivity index (χ3n) is 9.73. The third kappa shape index (κ3) is 7.51. The summed E-state index contributed by atoms with van der Waals surface area (Å²) in [6.45, 7) is 2.86. The summed E-state index contributed by atoms with van der Waals surface area (Å²) in [7, 11) is 0. The summed E-state index contributed by atoms with van der Waals surface area (Å²) in [5.74, 6) is 0.257. The molecule has 15 heteroatoms. The van der Waals surface area contributed by atoms with Crippen LogP contribution in [0.2, 0.25) is 0 Å². The number of nitrogens with zero attached hydrogens (tertiary/aromatic N) is 6. The van der Waals surface area contributed by atoms with Crippen molar-refractivity contribution in [2.45, 2.75) is 62.1 Å². The van der Waals surface area contributed by atoms with Crippen LogP contribution in [-0.4, -0.2) is 102 Å². The summed E-state index contributed by atoms with van der Waals surface area (Å²) in [5, 5.41) is 43.8. The van der Waals surface area contributed by atoms with Crippen molar-refractivity contribution in [3.05, 3.63) is 103 Å². The number of hydrogen-bond donors (Lipinski definition) is 7. The minimum Gasteiger partial charge on any atom is -0.388 e. The maximum atomic E-state index is 12.8. The van der Waals surface area contributed by atoms with Gasteiger partial charge in [-0.1, -0.05) is 60.7 Å². The number of imidazole rings is 1. The normalized spacial score (nSPS) is 22.0. The molecule has 2 fully saturated rings. The molecule has 2 aromatic carbocycles. The molecule has 270 valence electrons. The lowest BCUT2D eigenvalue weighted by Gasteiger charge is -2.22. The number of benzene rings is 2. The second-order valence-electron chi connectivity index (χ2n) is 13.3. The zero-order valence-corrected chi connectivity index (χ0v) is 28.6. The van der Waals surface area contributed by atoms with Crippen LogP contribution in [0, 0.1) is 0 Å². The van der Waals surface area contributed by atoms with E-state index < -0.39 is 36.3 Å². The fourth-order valence-corrected chi connectivity index (χ4v) is 6.99. The zero-order chi connectivity index (χ0) is 36.2. The summed E-state index contributed by atoms with van der Waals surface area (Å²) in [6.07, 6.45) is 1.83. The number of amides is 3. The Kier molecular flexibility index (Phi) is 10.2. The van der Waals surface area contributed by atoms with Crippen LogP contribution in [0.5, 0.6) is 0 Å². The molecule has 1 saturated carbocycles. The molecule has 4 heterocycles. The highest BCUT2D eigenvalue weighted by Gasteiger charge is 2.44. The van der Waals surface area contributed by atoms with Crippen molar-refractivity contribution in [1.82, 2.24) is 35.1 Å². The van der Waals surface area contributed by atoms with Crippen LogP contribution in [0.4, 0.5) is 22.2 Å². The van der Waals surface area contributed by atoms with Crippen LogP contribution in [0.25, 0.3) is 11.2 Å². The van der Waals surface area contributed by atoms with E-state index in [-0.39, 0.29) is 24.4 Å². The number of fused-ring (bicyclic) bond motifs is 1. The van der Waals surface area contributed by atoms with E-state index in [1.165, 1.54) is 6.92 Å². The van der Waals surface area contributed by atoms with E-state index in [1.54, 1.807) is 35.4 Å². The van der Waals surface area contributed by atoms with Crippen LogP contribution in [0.1, 0.15) is 42.9 Å². The van der Waals surface area contributed by atoms with Gasteiger partial charge in [0, 0.05) is 37.8 Å². The summed E-state index contributed by atoms with van der Waals surface area (Å²) < 4.78 is 1.72. The Morgan fingerprint density at radius 3 is 2.35 bits per heavy atom. The molecular formula is C37H42N10O5. The predicted molar refractivity (Wildman–Crippen MR) is 195 cm³/mol. The first-order valence-corrected chi connectivity index (χ1v) is 17.4. The van der Waals surface area contributed by atoms with Gasteiger partial charge in [0.2, 0.25) is 11.9 Å². The highest BCUT2D eigenvalue weighted by atomic mass is 16.3. The molecule has 0 spiro atoms. The molecule has 0 bridgehead atoms. The summed E-state index contributed by atoms with van der Waals surface area (Å²) in [6, 6.07) is 21.9. The molecule has 6 atom stereocenters. The van der Waals surface area contributed by atoms with Gasteiger partial charge in [0.05, 0.1) is 30.3 Å². The Labute approximate surface area is 300 Å². The van der Waals surface area contributed by atoms with Crippen molar-refractivity contribution < 1.29 is 24.9 Å². The minimum atomic E-state index is -1.27. The largest absolute Gasteiger partial charge is 0.388 e. The number of aliphatic hydroxyl groups excluding tert-OH is 3. The number of pyridine rings is 1. The van der Waals surface area contributed by atoms with E-state index in [0.29, 0.717) is 54.7 Å². The lowest BCUT2D eigenvalue weighted by Crippen LogP contribution is -2.46. The number of hydrogen-bond acceptors (Lipinski definition) is 11. The van der Waals surface area contributed by atoms with E-state index in [0.717, 1.165) is 11.1 Å². The van der Waals surface area contributed by atoms with Crippen molar-refractivity contribution >= 4 is 40.6 Å². The van der Waals surface area contributed by atoms with Crippen LogP contribution in [-0.2, 0) is 4.79 Å². The van der Waals surface area contributed by atoms with Crippen molar-refractivity contribution in [3.8, 4) is 0 Å². The van der Waals surface area contributed by atoms with E-state index in [4.69, 9.17) is 9.97 Å². The van der Waals surface area contributed by atoms with Gasteiger partial charge in [-0.25, -0.2) is 9.78 Å². The molecule has 1 aliphatic carbocycles. The Morgan fingerprint density at radius 1 is 0.942 bits per heavy atom. The highest BCUT2D eigenvalue weighted by Crippen LogP contribution is 2.35. The molecule has 2 aliphatic rings. The first-order valence-electron chi connectivity index (χ1n) is 17.4. The van der Waals surface area contributed by atoms with E-state index in [9.17, 15) is 24.9 Å². The molecule has 1 saturated heterocycles. The Morgan fingerprint density at radius 2 is 1.67 bits per heavy atom. The van der Waals surface area contributed by atoms with Crippen molar-refractivity contribution in [1.29, 1.82) is 0 Å². The fourth-order valence-electron chi connectivity index (χ4n) is 6.99. The highest BCUT2D eigenvalue weighted by molar-refractivity contribution is 5.89. The first kappa shape index (κ1) is 34.8. The van der Waals surface area contributed by atoms with Crippen molar-refractivity contribution in [2.75, 3.05) is 35.2 Å². The molecule has 3 amide bonds. The van der Waals surface area contributed by atoms with Crippen molar-refractivity contribution in [2.24, 2.45) is 0 Å². The van der Waals surface area contributed by atoms with Gasteiger partial charge in [-0.05, 0) is 43.0 Å². The number of carbonyl (C=O) groups excluding carboxylic acids is 2. The van der Waals surface area contributed by atoms with Gasteiger partial charge >= 0.3 is 6.03 Å². The lowest BCUT2D eigenvalue weighted by atomic mass is 9.91. The molecule has 0 radical (unpaired) electrons. The molecule has 5 aromatic rings. The Hall–Kier alpha value is -5.64. The third-order valence-corrected chi connectivity index (χ3v) is 9.73. The van der Waals surface area contributed by atoms with Crippen molar-refractivity contribution in [3.63, 3.8) is 0 Å². The number of aliphatic hydroxyl groups is 3. The quantitative estimate of drug-likeness (QED) is 0.106. The first-order chi connectivity index (χ1) is 25.2. The van der Waals surface area contributed by atoms with Crippen LogP contribution in [0.3, 0.4) is 0 Å². The molecular weight excluding hydrogens is 664 g/mol. The zero-order valence-electron chi connectivity index (χ0n) is 28.6. The Bertz CT molecular complexity index is 1940. The number of anilines is 3. The van der Waals surface area contributed by atoms with Gasteiger partial charge in [0.1, 0.15) is 18.3 Å². The maximum Gasteiger partial charge on any atom is 0.319 e. The van der Waals surface area contributed by atoms with Gasteiger partial charge < -0.3 is 46.1 Å². The second-order valence-corrected chi connectivity index (χ2v) is 13.3. The van der Waals surface area contributed by atoms with Crippen LogP contribution in [0.15, 0.2) is 91.5 Å². The molecule has 1 aliphatic heterocycles. The molecule has 52 heavy (non-hydrogen) atoms. The molecule has 7 N–H and O–H groups in total. The average Bonchev–Trinajstić information content (AvgIpc) is 3.87. The van der Waals surface area contributed by atoms with E-state index in [2.05, 4.69) is 55.5 Å². The van der Waals surface area contributed by atoms with Gasteiger partial charge in [-0.2, -0.15) is 9.97 Å².